The highest BCUT2D eigenvalue weighted by molar-refractivity contribution is 5.88. The molecule has 0 fully saturated rings. The standard InChI is InChI=1S/C14H14O5/c1-2-18-13(16)14(17,10-6-4-3-5-7-10)11-8-9-12(15)19-11/h3-9,11,17H,2H2,1H3/t11-,14-/m1/s1. The molecule has 1 aliphatic heterocycles. The maximum Gasteiger partial charge on any atom is 0.347 e. The van der Waals surface area contributed by atoms with E-state index in [1.165, 1.54) is 12.2 Å². The molecule has 100 valence electrons. The summed E-state index contributed by atoms with van der Waals surface area (Å²) in [6, 6.07) is 8.28. The summed E-state index contributed by atoms with van der Waals surface area (Å²) in [7, 11) is 0. The molecule has 0 amide bonds. The first kappa shape index (κ1) is 13.3. The molecular weight excluding hydrogens is 248 g/mol. The van der Waals surface area contributed by atoms with E-state index in [2.05, 4.69) is 0 Å². The van der Waals surface area contributed by atoms with Crippen molar-refractivity contribution in [2.24, 2.45) is 0 Å². The predicted molar refractivity (Wildman–Crippen MR) is 66.0 cm³/mol. The van der Waals surface area contributed by atoms with Crippen molar-refractivity contribution in [3.8, 4) is 0 Å². The largest absolute Gasteiger partial charge is 0.463 e. The van der Waals surface area contributed by atoms with Crippen molar-refractivity contribution >= 4 is 11.9 Å². The fraction of sp³-hybridized carbons (Fsp3) is 0.286. The Morgan fingerprint density at radius 1 is 1.42 bits per heavy atom. The van der Waals surface area contributed by atoms with Crippen LogP contribution in [-0.2, 0) is 24.7 Å². The first-order chi connectivity index (χ1) is 9.09. The second-order valence-corrected chi connectivity index (χ2v) is 4.07. The highest BCUT2D eigenvalue weighted by atomic mass is 16.6. The number of carbonyl (C=O) groups excluding carboxylic acids is 2. The number of hydrogen-bond acceptors (Lipinski definition) is 5. The van der Waals surface area contributed by atoms with Crippen molar-refractivity contribution in [1.82, 2.24) is 0 Å². The molecule has 5 nitrogen and oxygen atoms in total. The summed E-state index contributed by atoms with van der Waals surface area (Å²) in [5.41, 5.74) is -1.71. The minimum Gasteiger partial charge on any atom is -0.463 e. The zero-order valence-corrected chi connectivity index (χ0v) is 10.4. The summed E-state index contributed by atoms with van der Waals surface area (Å²) in [6.45, 7) is 1.76. The Morgan fingerprint density at radius 3 is 2.63 bits per heavy atom. The van der Waals surface area contributed by atoms with Crippen molar-refractivity contribution in [3.63, 3.8) is 0 Å². The van der Waals surface area contributed by atoms with Crippen LogP contribution in [0.25, 0.3) is 0 Å². The summed E-state index contributed by atoms with van der Waals surface area (Å²) in [4.78, 5) is 23.2. The van der Waals surface area contributed by atoms with Crippen LogP contribution in [-0.4, -0.2) is 29.8 Å². The molecule has 0 saturated carbocycles. The average molecular weight is 262 g/mol. The van der Waals surface area contributed by atoms with E-state index in [9.17, 15) is 14.7 Å². The number of benzene rings is 1. The van der Waals surface area contributed by atoms with Gasteiger partial charge in [0.15, 0.2) is 6.10 Å². The fourth-order valence-corrected chi connectivity index (χ4v) is 1.93. The molecule has 0 spiro atoms. The number of cyclic esters (lactones) is 1. The molecule has 2 atom stereocenters. The van der Waals surface area contributed by atoms with Gasteiger partial charge < -0.3 is 14.6 Å². The van der Waals surface area contributed by atoms with E-state index >= 15 is 0 Å². The van der Waals surface area contributed by atoms with Crippen molar-refractivity contribution in [3.05, 3.63) is 48.0 Å². The lowest BCUT2D eigenvalue weighted by Gasteiger charge is -2.30. The summed E-state index contributed by atoms with van der Waals surface area (Å²) in [5, 5.41) is 10.7. The van der Waals surface area contributed by atoms with Gasteiger partial charge in [-0.25, -0.2) is 9.59 Å². The predicted octanol–water partition coefficient (Wildman–Crippen LogP) is 0.919. The van der Waals surface area contributed by atoms with Crippen LogP contribution in [0.4, 0.5) is 0 Å². The van der Waals surface area contributed by atoms with Crippen LogP contribution in [0, 0.1) is 0 Å². The normalized spacial score (nSPS) is 20.7. The van der Waals surface area contributed by atoms with Gasteiger partial charge in [0.1, 0.15) is 0 Å². The van der Waals surface area contributed by atoms with Crippen LogP contribution in [0.2, 0.25) is 0 Å². The molecular formula is C14H14O5. The van der Waals surface area contributed by atoms with E-state index in [4.69, 9.17) is 9.47 Å². The smallest absolute Gasteiger partial charge is 0.347 e. The van der Waals surface area contributed by atoms with Crippen LogP contribution in [0.5, 0.6) is 0 Å². The van der Waals surface area contributed by atoms with Gasteiger partial charge in [-0.15, -0.1) is 0 Å². The lowest BCUT2D eigenvalue weighted by Crippen LogP contribution is -2.47. The maximum atomic E-state index is 12.1. The van der Waals surface area contributed by atoms with E-state index in [-0.39, 0.29) is 6.61 Å². The average Bonchev–Trinajstić information content (AvgIpc) is 2.86. The molecule has 0 unspecified atom stereocenters. The highest BCUT2D eigenvalue weighted by Crippen LogP contribution is 2.31. The number of hydrogen-bond donors (Lipinski definition) is 1. The molecule has 1 heterocycles. The van der Waals surface area contributed by atoms with Crippen LogP contribution in [0.15, 0.2) is 42.5 Å². The van der Waals surface area contributed by atoms with Crippen molar-refractivity contribution < 1.29 is 24.2 Å². The van der Waals surface area contributed by atoms with Gasteiger partial charge in [-0.1, -0.05) is 30.3 Å². The van der Waals surface area contributed by atoms with E-state index < -0.39 is 23.6 Å². The summed E-state index contributed by atoms with van der Waals surface area (Å²) >= 11 is 0. The zero-order valence-electron chi connectivity index (χ0n) is 10.4. The minimum absolute atomic E-state index is 0.123. The lowest BCUT2D eigenvalue weighted by atomic mass is 9.88. The molecule has 1 N–H and O–H groups in total. The summed E-state index contributed by atoms with van der Waals surface area (Å²) in [6.07, 6.45) is 1.45. The quantitative estimate of drug-likeness (QED) is 0.817. The number of esters is 2. The van der Waals surface area contributed by atoms with Gasteiger partial charge in [0.2, 0.25) is 5.60 Å². The van der Waals surface area contributed by atoms with Gasteiger partial charge in [0.25, 0.3) is 0 Å². The second-order valence-electron chi connectivity index (χ2n) is 4.07. The Hall–Kier alpha value is -2.14. The molecule has 1 aromatic carbocycles. The third-order valence-electron chi connectivity index (χ3n) is 2.86. The van der Waals surface area contributed by atoms with Gasteiger partial charge in [-0.05, 0) is 18.6 Å². The van der Waals surface area contributed by atoms with Gasteiger partial charge in [-0.2, -0.15) is 0 Å². The molecule has 5 heteroatoms. The monoisotopic (exact) mass is 262 g/mol. The lowest BCUT2D eigenvalue weighted by molar-refractivity contribution is -0.181. The Kier molecular flexibility index (Phi) is 3.66. The van der Waals surface area contributed by atoms with E-state index in [0.717, 1.165) is 0 Å². The van der Waals surface area contributed by atoms with Crippen LogP contribution in [0.1, 0.15) is 12.5 Å². The third-order valence-corrected chi connectivity index (χ3v) is 2.86. The summed E-state index contributed by atoms with van der Waals surface area (Å²) in [5.74, 6) is -1.44. The van der Waals surface area contributed by atoms with E-state index in [0.29, 0.717) is 5.56 Å². The Balaban J connectivity index is 2.41. The maximum absolute atomic E-state index is 12.1. The molecule has 0 bridgehead atoms. The summed E-state index contributed by atoms with van der Waals surface area (Å²) < 4.78 is 9.84. The number of rotatable bonds is 4. The fourth-order valence-electron chi connectivity index (χ4n) is 1.93. The van der Waals surface area contributed by atoms with Crippen molar-refractivity contribution in [2.75, 3.05) is 6.61 Å². The SMILES string of the molecule is CCOC(=O)[C@@](O)(c1ccccc1)[C@H]1C=CC(=O)O1. The van der Waals surface area contributed by atoms with Crippen molar-refractivity contribution in [1.29, 1.82) is 0 Å². The Labute approximate surface area is 110 Å². The van der Waals surface area contributed by atoms with Gasteiger partial charge >= 0.3 is 11.9 Å². The highest BCUT2D eigenvalue weighted by Gasteiger charge is 2.49. The third kappa shape index (κ3) is 2.37. The van der Waals surface area contributed by atoms with Crippen LogP contribution in [0.3, 0.4) is 0 Å². The van der Waals surface area contributed by atoms with E-state index in [1.807, 2.05) is 0 Å². The molecule has 0 aromatic heterocycles. The first-order valence-corrected chi connectivity index (χ1v) is 5.93. The molecule has 1 aromatic rings. The zero-order chi connectivity index (χ0) is 13.9. The number of aliphatic hydroxyl groups is 1. The molecule has 0 aliphatic carbocycles. The van der Waals surface area contributed by atoms with Crippen LogP contribution < -0.4 is 0 Å². The molecule has 2 rings (SSSR count). The molecule has 1 aliphatic rings. The van der Waals surface area contributed by atoms with E-state index in [1.54, 1.807) is 37.3 Å². The molecule has 19 heavy (non-hydrogen) atoms. The van der Waals surface area contributed by atoms with Crippen molar-refractivity contribution in [2.45, 2.75) is 18.6 Å². The van der Waals surface area contributed by atoms with Gasteiger partial charge in [-0.3, -0.25) is 0 Å². The first-order valence-electron chi connectivity index (χ1n) is 5.93. The molecule has 0 saturated heterocycles. The molecule has 0 radical (unpaired) electrons. The Morgan fingerprint density at radius 2 is 2.11 bits per heavy atom. The van der Waals surface area contributed by atoms with Gasteiger partial charge in [0.05, 0.1) is 6.61 Å². The number of ether oxygens (including phenoxy) is 2. The van der Waals surface area contributed by atoms with Gasteiger partial charge in [0, 0.05) is 6.08 Å². The van der Waals surface area contributed by atoms with Crippen LogP contribution >= 0.6 is 0 Å². The second kappa shape index (κ2) is 5.24. The minimum atomic E-state index is -2.03. The topological polar surface area (TPSA) is 72.8 Å². The number of carbonyl (C=O) groups is 2. The Bertz CT molecular complexity index is 508.